The number of fused-ring (bicyclic) bond motifs is 1. The Morgan fingerprint density at radius 1 is 0.615 bits per heavy atom. The fourth-order valence-electron chi connectivity index (χ4n) is 7.44. The molecule has 0 radical (unpaired) electrons. The van der Waals surface area contributed by atoms with Crippen LogP contribution in [0.2, 0.25) is 0 Å². The highest BCUT2D eigenvalue weighted by Gasteiger charge is 2.32. The van der Waals surface area contributed by atoms with Crippen molar-refractivity contribution in [2.24, 2.45) is 0 Å². The summed E-state index contributed by atoms with van der Waals surface area (Å²) in [6, 6.07) is 53.7. The number of aryl methyl sites for hydroxylation is 1. The van der Waals surface area contributed by atoms with Crippen molar-refractivity contribution < 1.29 is 0 Å². The molecule has 0 saturated carbocycles. The maximum atomic E-state index is 3.48. The number of anilines is 4. The van der Waals surface area contributed by atoms with Crippen LogP contribution in [0.3, 0.4) is 0 Å². The third-order valence-electron chi connectivity index (χ3n) is 10.2. The minimum atomic E-state index is -0.245. The van der Waals surface area contributed by atoms with Gasteiger partial charge in [0.15, 0.2) is 0 Å². The molecule has 3 atom stereocenters. The van der Waals surface area contributed by atoms with E-state index < -0.39 is 0 Å². The molecule has 0 N–H and O–H groups in total. The lowest BCUT2D eigenvalue weighted by molar-refractivity contribution is 0.571. The normalized spacial score (nSPS) is 19.5. The van der Waals surface area contributed by atoms with Gasteiger partial charge >= 0.3 is 0 Å². The first kappa shape index (κ1) is 32.7. The Morgan fingerprint density at radius 3 is 2.04 bits per heavy atom. The summed E-state index contributed by atoms with van der Waals surface area (Å²) < 4.78 is 0. The van der Waals surface area contributed by atoms with Crippen molar-refractivity contribution in [2.75, 3.05) is 9.80 Å². The van der Waals surface area contributed by atoms with Crippen LogP contribution in [0.1, 0.15) is 36.0 Å². The molecule has 250 valence electrons. The van der Waals surface area contributed by atoms with Gasteiger partial charge in [0.05, 0.1) is 17.1 Å². The largest absolute Gasteiger partial charge is 0.332 e. The number of benzene rings is 6. The first-order valence-corrected chi connectivity index (χ1v) is 18.0. The Morgan fingerprint density at radius 2 is 1.27 bits per heavy atom. The van der Waals surface area contributed by atoms with Crippen molar-refractivity contribution in [2.45, 2.75) is 37.8 Å². The highest BCUT2D eigenvalue weighted by molar-refractivity contribution is 5.97. The van der Waals surface area contributed by atoms with Gasteiger partial charge in [-0.1, -0.05) is 157 Å². The maximum absolute atomic E-state index is 3.48. The highest BCUT2D eigenvalue weighted by atomic mass is 15.2. The monoisotopic (exact) mass is 668 g/mol. The van der Waals surface area contributed by atoms with Crippen molar-refractivity contribution in [3.8, 4) is 23.7 Å². The summed E-state index contributed by atoms with van der Waals surface area (Å²) in [7, 11) is 0. The standard InChI is InChI=1S/C50H40N2/c1-38-16-9-14-26-48(38)51(49-27-15-21-43-20-11-13-25-47(43)49)44-22-12-10-19-40(28-31-44)41-29-32-46(33-30-41)52(45-23-7-4-8-24-45)50(2)36-34-42(35-37-50)39-17-5-3-6-18-39/h3-9,11,13-18,20-21,23-36,40,44H,37H2,1-2H3/b31-28-. The van der Waals surface area contributed by atoms with Crippen LogP contribution in [0.25, 0.3) is 16.3 Å². The van der Waals surface area contributed by atoms with Crippen LogP contribution in [-0.2, 0) is 0 Å². The van der Waals surface area contributed by atoms with Crippen LogP contribution >= 0.6 is 0 Å². The van der Waals surface area contributed by atoms with Crippen LogP contribution in [0.4, 0.5) is 22.7 Å². The minimum Gasteiger partial charge on any atom is -0.332 e. The van der Waals surface area contributed by atoms with Gasteiger partial charge in [0.2, 0.25) is 0 Å². The zero-order chi connectivity index (χ0) is 35.3. The predicted octanol–water partition coefficient (Wildman–Crippen LogP) is 12.0. The summed E-state index contributed by atoms with van der Waals surface area (Å²) in [6.07, 6.45) is 12.3. The van der Waals surface area contributed by atoms with Gasteiger partial charge in [-0.15, -0.1) is 0 Å². The van der Waals surface area contributed by atoms with E-state index in [1.165, 1.54) is 27.5 Å². The van der Waals surface area contributed by atoms with Crippen molar-refractivity contribution in [3.63, 3.8) is 0 Å². The molecule has 0 aliphatic heterocycles. The third-order valence-corrected chi connectivity index (χ3v) is 10.2. The molecule has 2 aliphatic rings. The second-order valence-electron chi connectivity index (χ2n) is 13.7. The molecule has 0 saturated heterocycles. The summed E-state index contributed by atoms with van der Waals surface area (Å²) in [5.41, 5.74) is 9.17. The van der Waals surface area contributed by atoms with Crippen LogP contribution in [0.5, 0.6) is 0 Å². The van der Waals surface area contributed by atoms with Crippen molar-refractivity contribution in [1.82, 2.24) is 0 Å². The summed E-state index contributed by atoms with van der Waals surface area (Å²) >= 11 is 0. The molecule has 2 aliphatic carbocycles. The number of nitrogens with zero attached hydrogens (tertiary/aromatic N) is 2. The van der Waals surface area contributed by atoms with Crippen molar-refractivity contribution in [1.29, 1.82) is 0 Å². The lowest BCUT2D eigenvalue weighted by Gasteiger charge is -2.42. The second kappa shape index (κ2) is 14.4. The predicted molar refractivity (Wildman–Crippen MR) is 220 cm³/mol. The van der Waals surface area contributed by atoms with Gasteiger partial charge in [-0.25, -0.2) is 0 Å². The van der Waals surface area contributed by atoms with Gasteiger partial charge in [0.25, 0.3) is 0 Å². The third kappa shape index (κ3) is 6.56. The Balaban J connectivity index is 1.11. The average Bonchev–Trinajstić information content (AvgIpc) is 3.18. The number of allylic oxidation sites excluding steroid dienone is 3. The van der Waals surface area contributed by atoms with Crippen LogP contribution in [0, 0.1) is 30.6 Å². The Kier molecular flexibility index (Phi) is 9.06. The Labute approximate surface area is 308 Å². The molecule has 8 rings (SSSR count). The molecule has 0 fully saturated rings. The van der Waals surface area contributed by atoms with E-state index in [4.69, 9.17) is 0 Å². The molecule has 6 aromatic rings. The van der Waals surface area contributed by atoms with Gasteiger partial charge in [-0.3, -0.25) is 0 Å². The fourth-order valence-corrected chi connectivity index (χ4v) is 7.44. The van der Waals surface area contributed by atoms with Crippen LogP contribution in [0.15, 0.2) is 182 Å². The highest BCUT2D eigenvalue weighted by Crippen LogP contribution is 2.41. The zero-order valence-electron chi connectivity index (χ0n) is 29.6. The molecular formula is C50H40N2. The first-order chi connectivity index (χ1) is 25.6. The topological polar surface area (TPSA) is 6.48 Å². The molecule has 3 unspecified atom stereocenters. The lowest BCUT2D eigenvalue weighted by Crippen LogP contribution is -2.42. The van der Waals surface area contributed by atoms with E-state index in [-0.39, 0.29) is 17.5 Å². The molecule has 0 aromatic heterocycles. The van der Waals surface area contributed by atoms with Gasteiger partial charge < -0.3 is 9.80 Å². The van der Waals surface area contributed by atoms with E-state index in [2.05, 4.69) is 229 Å². The molecule has 2 nitrogen and oxygen atoms in total. The fraction of sp³-hybridized carbons (Fsp3) is 0.120. The first-order valence-electron chi connectivity index (χ1n) is 18.0. The van der Waals surface area contributed by atoms with E-state index in [1.807, 2.05) is 0 Å². The quantitative estimate of drug-likeness (QED) is 0.118. The average molecular weight is 669 g/mol. The summed E-state index contributed by atoms with van der Waals surface area (Å²) in [5, 5.41) is 2.40. The van der Waals surface area contributed by atoms with Crippen molar-refractivity contribution in [3.05, 3.63) is 199 Å². The second-order valence-corrected chi connectivity index (χ2v) is 13.7. The molecule has 52 heavy (non-hydrogen) atoms. The Hall–Kier alpha value is -6.48. The summed E-state index contributed by atoms with van der Waals surface area (Å²) in [5.74, 6) is 13.2. The molecule has 0 spiro atoms. The summed E-state index contributed by atoms with van der Waals surface area (Å²) in [4.78, 5) is 4.82. The van der Waals surface area contributed by atoms with E-state index in [9.17, 15) is 0 Å². The van der Waals surface area contributed by atoms with Crippen LogP contribution < -0.4 is 9.80 Å². The zero-order valence-corrected chi connectivity index (χ0v) is 29.6. The minimum absolute atomic E-state index is 0.0934. The van der Waals surface area contributed by atoms with Crippen molar-refractivity contribution >= 4 is 39.1 Å². The Bertz CT molecular complexity index is 2430. The van der Waals surface area contributed by atoms with Gasteiger partial charge in [0, 0.05) is 22.4 Å². The number of rotatable bonds is 8. The van der Waals surface area contributed by atoms with Gasteiger partial charge in [-0.05, 0) is 96.2 Å². The van der Waals surface area contributed by atoms with E-state index in [0.29, 0.717) is 0 Å². The molecule has 0 amide bonds. The van der Waals surface area contributed by atoms with E-state index in [1.54, 1.807) is 0 Å². The molecular weight excluding hydrogens is 629 g/mol. The smallest absolute Gasteiger partial charge is 0.115 e. The van der Waals surface area contributed by atoms with Crippen LogP contribution in [-0.4, -0.2) is 11.6 Å². The molecule has 2 heteroatoms. The lowest BCUT2D eigenvalue weighted by atomic mass is 9.85. The van der Waals surface area contributed by atoms with Gasteiger partial charge in [-0.2, -0.15) is 0 Å². The summed E-state index contributed by atoms with van der Waals surface area (Å²) in [6.45, 7) is 4.49. The SMILES string of the molecule is Cc1ccccc1N(c1cccc2ccccc12)C1C#CC#CC(c2ccc(N(c3ccccc3)C3(C)C=CC(c4ccccc4)=CC3)cc2)/C=C\1. The maximum Gasteiger partial charge on any atom is 0.115 e. The van der Waals surface area contributed by atoms with E-state index in [0.717, 1.165) is 34.7 Å². The van der Waals surface area contributed by atoms with Gasteiger partial charge in [0.1, 0.15) is 6.04 Å². The van der Waals surface area contributed by atoms with E-state index >= 15 is 0 Å². The molecule has 0 heterocycles. The number of para-hydroxylation sites is 2. The molecule has 0 bridgehead atoms. The molecule has 6 aromatic carbocycles. The number of hydrogen-bond acceptors (Lipinski definition) is 2. The number of hydrogen-bond donors (Lipinski definition) is 0.